The zero-order valence-corrected chi connectivity index (χ0v) is 11.3. The number of nitrogens with zero attached hydrogens (tertiary/aromatic N) is 2. The Labute approximate surface area is 113 Å². The Morgan fingerprint density at radius 2 is 2.05 bits per heavy atom. The lowest BCUT2D eigenvalue weighted by atomic mass is 10.2. The lowest BCUT2D eigenvalue weighted by molar-refractivity contribution is 0.0481. The summed E-state index contributed by atoms with van der Waals surface area (Å²) in [4.78, 5) is 12.1. The summed E-state index contributed by atoms with van der Waals surface area (Å²) in [7, 11) is 0. The van der Waals surface area contributed by atoms with Gasteiger partial charge in [-0.15, -0.1) is 10.2 Å². The minimum atomic E-state index is -1.04. The quantitative estimate of drug-likeness (QED) is 0.625. The van der Waals surface area contributed by atoms with Crippen molar-refractivity contribution in [1.82, 2.24) is 10.2 Å². The smallest absolute Gasteiger partial charge is 0.396 e. The van der Waals surface area contributed by atoms with Gasteiger partial charge in [0.05, 0.1) is 6.61 Å². The summed E-state index contributed by atoms with van der Waals surface area (Å²) in [6.45, 7) is 1.94. The first-order valence-corrected chi connectivity index (χ1v) is 7.12. The second-order valence-corrected chi connectivity index (χ2v) is 4.99. The number of esters is 1. The highest BCUT2D eigenvalue weighted by Gasteiger charge is 2.17. The Hall–Kier alpha value is -1.86. The van der Waals surface area contributed by atoms with Crippen molar-refractivity contribution in [3.63, 3.8) is 0 Å². The van der Waals surface area contributed by atoms with Gasteiger partial charge >= 0.3 is 11.9 Å². The maximum atomic E-state index is 11.4. The molecule has 19 heavy (non-hydrogen) atoms. The van der Waals surface area contributed by atoms with E-state index in [2.05, 4.69) is 10.2 Å². The van der Waals surface area contributed by atoms with Crippen molar-refractivity contribution in [1.29, 1.82) is 0 Å². The Bertz CT molecular complexity index is 565. The molecule has 0 amide bonds. The molecule has 0 spiro atoms. The van der Waals surface area contributed by atoms with Crippen LogP contribution >= 0.6 is 0 Å². The average Bonchev–Trinajstić information content (AvgIpc) is 2.89. The van der Waals surface area contributed by atoms with E-state index in [1.54, 1.807) is 37.4 Å². The number of rotatable bonds is 4. The highest BCUT2D eigenvalue weighted by atomic mass is 32.2. The molecule has 1 aromatic carbocycles. The van der Waals surface area contributed by atoms with Crippen molar-refractivity contribution in [2.45, 2.75) is 11.8 Å². The molecule has 0 saturated heterocycles. The fraction of sp³-hybridized carbons (Fsp3) is 0.250. The van der Waals surface area contributed by atoms with Crippen LogP contribution in [0.1, 0.15) is 17.6 Å². The fourth-order valence-corrected chi connectivity index (χ4v) is 1.92. The van der Waals surface area contributed by atoms with Crippen LogP contribution in [0.2, 0.25) is 0 Å². The Morgan fingerprint density at radius 3 is 2.63 bits per heavy atom. The van der Waals surface area contributed by atoms with E-state index in [4.69, 9.17) is 9.15 Å². The lowest BCUT2D eigenvalue weighted by Gasteiger charge is -2.03. The summed E-state index contributed by atoms with van der Waals surface area (Å²) in [6.07, 6.45) is 1.60. The van der Waals surface area contributed by atoms with Crippen LogP contribution in [0, 0.1) is 0 Å². The molecule has 0 N–H and O–H groups in total. The van der Waals surface area contributed by atoms with E-state index in [1.807, 2.05) is 0 Å². The summed E-state index contributed by atoms with van der Waals surface area (Å²) in [5.41, 5.74) is 0.650. The molecule has 1 unspecified atom stereocenters. The van der Waals surface area contributed by atoms with E-state index in [0.29, 0.717) is 10.5 Å². The molecule has 2 aromatic rings. The van der Waals surface area contributed by atoms with E-state index in [1.165, 1.54) is 0 Å². The first kappa shape index (κ1) is 13.6. The van der Waals surface area contributed by atoms with Crippen LogP contribution in [0.4, 0.5) is 0 Å². The predicted molar refractivity (Wildman–Crippen MR) is 68.0 cm³/mol. The van der Waals surface area contributed by atoms with Crippen LogP contribution in [0.15, 0.2) is 33.6 Å². The number of ether oxygens (including phenoxy) is 1. The molecule has 0 bridgehead atoms. The largest absolute Gasteiger partial charge is 0.612 e. The van der Waals surface area contributed by atoms with Gasteiger partial charge in [0.1, 0.15) is 6.26 Å². The summed E-state index contributed by atoms with van der Waals surface area (Å²) in [5.74, 6) is -0.607. The maximum Gasteiger partial charge on any atom is 0.396 e. The summed E-state index contributed by atoms with van der Waals surface area (Å²) < 4.78 is 21.2. The van der Waals surface area contributed by atoms with Gasteiger partial charge in [-0.1, -0.05) is 0 Å². The molecule has 2 rings (SSSR count). The van der Waals surface area contributed by atoms with Crippen LogP contribution in [-0.2, 0) is 15.9 Å². The molecule has 0 aliphatic rings. The first-order valence-electron chi connectivity index (χ1n) is 5.56. The Kier molecular flexibility index (Phi) is 4.18. The van der Waals surface area contributed by atoms with Crippen molar-refractivity contribution in [3.05, 3.63) is 30.2 Å². The zero-order chi connectivity index (χ0) is 13.8. The third-order valence-corrected chi connectivity index (χ3v) is 3.24. The SMILES string of the molecule is CCOC(=O)c1nnc(-c2ccc([S+](C)[O-])cc2)o1. The Balaban J connectivity index is 2.20. The normalized spacial score (nSPS) is 12.2. The highest BCUT2D eigenvalue weighted by Crippen LogP contribution is 2.20. The van der Waals surface area contributed by atoms with Crippen LogP contribution in [0.3, 0.4) is 0 Å². The van der Waals surface area contributed by atoms with Gasteiger partial charge in [-0.05, 0) is 42.4 Å². The van der Waals surface area contributed by atoms with E-state index in [-0.39, 0.29) is 18.4 Å². The van der Waals surface area contributed by atoms with E-state index in [9.17, 15) is 9.35 Å². The van der Waals surface area contributed by atoms with Gasteiger partial charge in [0.2, 0.25) is 5.89 Å². The van der Waals surface area contributed by atoms with Gasteiger partial charge < -0.3 is 13.7 Å². The second kappa shape index (κ2) is 5.85. The van der Waals surface area contributed by atoms with Crippen molar-refractivity contribution >= 4 is 17.1 Å². The number of carbonyl (C=O) groups excluding carboxylic acids is 1. The van der Waals surface area contributed by atoms with Gasteiger partial charge in [0, 0.05) is 5.56 Å². The molecular formula is C12H12N2O4S. The van der Waals surface area contributed by atoms with Crippen molar-refractivity contribution in [2.24, 2.45) is 0 Å². The van der Waals surface area contributed by atoms with Gasteiger partial charge in [-0.25, -0.2) is 4.79 Å². The Morgan fingerprint density at radius 1 is 1.37 bits per heavy atom. The molecule has 1 heterocycles. The van der Waals surface area contributed by atoms with Crippen LogP contribution in [-0.4, -0.2) is 33.6 Å². The second-order valence-electron chi connectivity index (χ2n) is 3.61. The van der Waals surface area contributed by atoms with E-state index >= 15 is 0 Å². The first-order chi connectivity index (χ1) is 9.11. The van der Waals surface area contributed by atoms with Gasteiger partial charge in [-0.3, -0.25) is 0 Å². The summed E-state index contributed by atoms with van der Waals surface area (Å²) in [6, 6.07) is 6.83. The van der Waals surface area contributed by atoms with Crippen molar-refractivity contribution in [3.8, 4) is 11.5 Å². The molecule has 1 atom stereocenters. The number of benzene rings is 1. The molecule has 6 nitrogen and oxygen atoms in total. The number of carbonyl (C=O) groups is 1. The lowest BCUT2D eigenvalue weighted by Crippen LogP contribution is -2.04. The average molecular weight is 280 g/mol. The number of hydrogen-bond acceptors (Lipinski definition) is 6. The van der Waals surface area contributed by atoms with Gasteiger partial charge in [0.15, 0.2) is 4.90 Å². The molecule has 0 saturated carbocycles. The van der Waals surface area contributed by atoms with E-state index in [0.717, 1.165) is 0 Å². The number of aromatic nitrogens is 2. The van der Waals surface area contributed by atoms with E-state index < -0.39 is 17.1 Å². The zero-order valence-electron chi connectivity index (χ0n) is 10.5. The maximum absolute atomic E-state index is 11.4. The fourth-order valence-electron chi connectivity index (χ4n) is 1.40. The van der Waals surface area contributed by atoms with Gasteiger partial charge in [-0.2, -0.15) is 0 Å². The molecule has 0 radical (unpaired) electrons. The van der Waals surface area contributed by atoms with Crippen molar-refractivity contribution < 1.29 is 18.5 Å². The molecule has 0 fully saturated rings. The molecule has 1 aromatic heterocycles. The molecule has 0 aliphatic heterocycles. The standard InChI is InChI=1S/C12H12N2O4S/c1-3-17-12(15)11-14-13-10(18-11)8-4-6-9(7-5-8)19(2)16/h4-7H,3H2,1-2H3. The van der Waals surface area contributed by atoms with Gasteiger partial charge in [0.25, 0.3) is 0 Å². The number of hydrogen-bond donors (Lipinski definition) is 0. The minimum absolute atomic E-state index is 0.181. The monoisotopic (exact) mass is 280 g/mol. The topological polar surface area (TPSA) is 88.3 Å². The minimum Gasteiger partial charge on any atom is -0.612 e. The molecular weight excluding hydrogens is 268 g/mol. The highest BCUT2D eigenvalue weighted by molar-refractivity contribution is 7.90. The summed E-state index contributed by atoms with van der Waals surface area (Å²) >= 11 is -1.04. The summed E-state index contributed by atoms with van der Waals surface area (Å²) in [5, 5.41) is 7.39. The van der Waals surface area contributed by atoms with Crippen LogP contribution in [0.5, 0.6) is 0 Å². The van der Waals surface area contributed by atoms with Crippen LogP contribution in [0.25, 0.3) is 11.5 Å². The third-order valence-electron chi connectivity index (χ3n) is 2.31. The third kappa shape index (κ3) is 3.12. The predicted octanol–water partition coefficient (Wildman–Crippen LogP) is 1.65. The molecule has 100 valence electrons. The molecule has 7 heteroatoms. The molecule has 0 aliphatic carbocycles. The van der Waals surface area contributed by atoms with Crippen molar-refractivity contribution in [2.75, 3.05) is 12.9 Å². The van der Waals surface area contributed by atoms with Crippen LogP contribution < -0.4 is 0 Å².